The van der Waals surface area contributed by atoms with Crippen LogP contribution in [0, 0.1) is 0 Å². The molecule has 0 aromatic heterocycles. The number of carbonyl (C=O) groups excluding carboxylic acids is 2. The highest BCUT2D eigenvalue weighted by Crippen LogP contribution is 2.02. The Bertz CT molecular complexity index is 535. The lowest BCUT2D eigenvalue weighted by molar-refractivity contribution is -0.121. The van der Waals surface area contributed by atoms with Gasteiger partial charge in [0, 0.05) is 65.2 Å². The third kappa shape index (κ3) is 20.7. The van der Waals surface area contributed by atoms with Crippen molar-refractivity contribution >= 4 is 11.8 Å². The van der Waals surface area contributed by atoms with Gasteiger partial charge in [0.2, 0.25) is 11.8 Å². The Kier molecular flexibility index (Phi) is 23.9. The Hall–Kier alpha value is -1.26. The van der Waals surface area contributed by atoms with E-state index in [0.29, 0.717) is 52.1 Å². The first-order valence-corrected chi connectivity index (χ1v) is 15.4. The van der Waals surface area contributed by atoms with Gasteiger partial charge >= 0.3 is 0 Å². The minimum Gasteiger partial charge on any atom is -0.392 e. The van der Waals surface area contributed by atoms with E-state index in [1.807, 2.05) is 13.8 Å². The second-order valence-corrected chi connectivity index (χ2v) is 10.5. The fourth-order valence-corrected chi connectivity index (χ4v) is 4.26. The molecule has 226 valence electrons. The minimum atomic E-state index is -0.323. The summed E-state index contributed by atoms with van der Waals surface area (Å²) < 4.78 is 0. The second-order valence-electron chi connectivity index (χ2n) is 10.5. The molecule has 38 heavy (non-hydrogen) atoms. The Morgan fingerprint density at radius 3 is 1.34 bits per heavy atom. The minimum absolute atomic E-state index is 0.0310. The van der Waals surface area contributed by atoms with Gasteiger partial charge in [-0.2, -0.15) is 0 Å². The van der Waals surface area contributed by atoms with E-state index in [9.17, 15) is 19.8 Å². The van der Waals surface area contributed by atoms with Gasteiger partial charge in [0.15, 0.2) is 0 Å². The summed E-state index contributed by atoms with van der Waals surface area (Å²) in [6, 6.07) is 0. The van der Waals surface area contributed by atoms with Crippen molar-refractivity contribution in [3.8, 4) is 0 Å². The van der Waals surface area contributed by atoms with Crippen LogP contribution in [0.1, 0.15) is 92.4 Å². The maximum Gasteiger partial charge on any atom is 0.221 e. The SMILES string of the molecule is CCCCN(CCNC(=O)CCN(CCC)CCC(=O)NCCN(CCCC)CC(O)CC)CC(O)CC. The summed E-state index contributed by atoms with van der Waals surface area (Å²) >= 11 is 0. The predicted molar refractivity (Wildman–Crippen MR) is 157 cm³/mol. The summed E-state index contributed by atoms with van der Waals surface area (Å²) in [5, 5.41) is 26.0. The molecule has 4 N–H and O–H groups in total. The van der Waals surface area contributed by atoms with Gasteiger partial charge in [-0.3, -0.25) is 19.4 Å². The molecule has 0 aliphatic heterocycles. The first kappa shape index (κ1) is 36.7. The highest BCUT2D eigenvalue weighted by molar-refractivity contribution is 5.76. The standard InChI is InChI=1S/C29H61N5O4/c1-6-11-18-33(24-26(35)9-4)22-15-30-28(37)13-20-32(17-8-3)21-14-29(38)31-16-23-34(19-12-7-2)25-27(36)10-5/h26-27,35-36H,6-25H2,1-5H3,(H,30,37)(H,31,38). The number of unbranched alkanes of at least 4 members (excludes halogenated alkanes) is 2. The monoisotopic (exact) mass is 543 g/mol. The van der Waals surface area contributed by atoms with Crippen LogP contribution in [0.5, 0.6) is 0 Å². The molecule has 2 unspecified atom stereocenters. The van der Waals surface area contributed by atoms with E-state index in [2.05, 4.69) is 46.1 Å². The summed E-state index contributed by atoms with van der Waals surface area (Å²) in [5.74, 6) is 0.0620. The summed E-state index contributed by atoms with van der Waals surface area (Å²) in [4.78, 5) is 31.5. The van der Waals surface area contributed by atoms with E-state index in [1.165, 1.54) is 0 Å². The molecule has 0 saturated heterocycles. The highest BCUT2D eigenvalue weighted by atomic mass is 16.3. The number of nitrogens with zero attached hydrogens (tertiary/aromatic N) is 3. The summed E-state index contributed by atoms with van der Waals surface area (Å²) in [6.07, 6.45) is 7.02. The lowest BCUT2D eigenvalue weighted by atomic mass is 10.2. The zero-order valence-electron chi connectivity index (χ0n) is 25.3. The van der Waals surface area contributed by atoms with E-state index < -0.39 is 0 Å². The molecule has 2 amide bonds. The van der Waals surface area contributed by atoms with E-state index in [-0.39, 0.29) is 24.0 Å². The molecule has 0 bridgehead atoms. The van der Waals surface area contributed by atoms with Crippen molar-refractivity contribution < 1.29 is 19.8 Å². The number of rotatable bonds is 26. The first-order valence-electron chi connectivity index (χ1n) is 15.4. The number of aliphatic hydroxyl groups excluding tert-OH is 2. The van der Waals surface area contributed by atoms with Crippen LogP contribution in [0.3, 0.4) is 0 Å². The van der Waals surface area contributed by atoms with Crippen LogP contribution in [0.25, 0.3) is 0 Å². The molecule has 0 rings (SSSR count). The van der Waals surface area contributed by atoms with Crippen molar-refractivity contribution in [3.05, 3.63) is 0 Å². The van der Waals surface area contributed by atoms with Gasteiger partial charge in [0.25, 0.3) is 0 Å². The molecule has 9 heteroatoms. The van der Waals surface area contributed by atoms with Crippen molar-refractivity contribution in [3.63, 3.8) is 0 Å². The maximum atomic E-state index is 12.4. The van der Waals surface area contributed by atoms with Crippen molar-refractivity contribution in [2.45, 2.75) is 105 Å². The topological polar surface area (TPSA) is 108 Å². The van der Waals surface area contributed by atoms with Gasteiger partial charge in [0.05, 0.1) is 12.2 Å². The molecule has 0 aliphatic rings. The van der Waals surface area contributed by atoms with Crippen LogP contribution in [0.15, 0.2) is 0 Å². The Morgan fingerprint density at radius 1 is 0.579 bits per heavy atom. The van der Waals surface area contributed by atoms with E-state index in [0.717, 1.165) is 77.7 Å². The Morgan fingerprint density at radius 2 is 1.00 bits per heavy atom. The molecule has 0 saturated carbocycles. The first-order chi connectivity index (χ1) is 18.3. The zero-order chi connectivity index (χ0) is 28.6. The lowest BCUT2D eigenvalue weighted by Crippen LogP contribution is -2.41. The molecular weight excluding hydrogens is 482 g/mol. The van der Waals surface area contributed by atoms with Crippen LogP contribution in [-0.2, 0) is 9.59 Å². The quantitative estimate of drug-likeness (QED) is 0.133. The molecule has 9 nitrogen and oxygen atoms in total. The third-order valence-electron chi connectivity index (χ3n) is 6.89. The van der Waals surface area contributed by atoms with Gasteiger partial charge in [-0.15, -0.1) is 0 Å². The Labute approximate surface area is 233 Å². The maximum absolute atomic E-state index is 12.4. The molecule has 0 spiro atoms. The van der Waals surface area contributed by atoms with Crippen LogP contribution in [0.4, 0.5) is 0 Å². The molecule has 0 heterocycles. The van der Waals surface area contributed by atoms with Crippen LogP contribution >= 0.6 is 0 Å². The van der Waals surface area contributed by atoms with Crippen LogP contribution in [-0.4, -0.2) is 121 Å². The fraction of sp³-hybridized carbons (Fsp3) is 0.931. The van der Waals surface area contributed by atoms with Crippen LogP contribution < -0.4 is 10.6 Å². The Balaban J connectivity index is 4.35. The smallest absolute Gasteiger partial charge is 0.221 e. The molecule has 0 aliphatic carbocycles. The van der Waals surface area contributed by atoms with E-state index in [4.69, 9.17) is 0 Å². The van der Waals surface area contributed by atoms with Gasteiger partial charge in [-0.25, -0.2) is 0 Å². The predicted octanol–water partition coefficient (Wildman–Crippen LogP) is 2.46. The van der Waals surface area contributed by atoms with E-state index >= 15 is 0 Å². The fourth-order valence-electron chi connectivity index (χ4n) is 4.26. The normalized spacial score (nSPS) is 13.3. The molecule has 0 fully saturated rings. The van der Waals surface area contributed by atoms with E-state index in [1.54, 1.807) is 0 Å². The summed E-state index contributed by atoms with van der Waals surface area (Å²) in [7, 11) is 0. The van der Waals surface area contributed by atoms with Gasteiger partial charge in [-0.05, 0) is 51.7 Å². The number of nitrogens with one attached hydrogen (secondary N) is 2. The number of carbonyl (C=O) groups is 2. The third-order valence-corrected chi connectivity index (χ3v) is 6.89. The average Bonchev–Trinajstić information content (AvgIpc) is 2.91. The van der Waals surface area contributed by atoms with Gasteiger partial charge < -0.3 is 25.7 Å². The number of aliphatic hydroxyl groups is 2. The van der Waals surface area contributed by atoms with Crippen molar-refractivity contribution in [2.24, 2.45) is 0 Å². The van der Waals surface area contributed by atoms with Crippen molar-refractivity contribution in [1.29, 1.82) is 0 Å². The molecular formula is C29H61N5O4. The van der Waals surface area contributed by atoms with Gasteiger partial charge in [0.1, 0.15) is 0 Å². The zero-order valence-corrected chi connectivity index (χ0v) is 25.3. The summed E-state index contributed by atoms with van der Waals surface area (Å²) in [5.41, 5.74) is 0. The number of hydrogen-bond acceptors (Lipinski definition) is 7. The van der Waals surface area contributed by atoms with Crippen molar-refractivity contribution in [1.82, 2.24) is 25.3 Å². The van der Waals surface area contributed by atoms with Gasteiger partial charge in [-0.1, -0.05) is 47.5 Å². The highest BCUT2D eigenvalue weighted by Gasteiger charge is 2.14. The molecule has 0 radical (unpaired) electrons. The largest absolute Gasteiger partial charge is 0.392 e. The number of amides is 2. The van der Waals surface area contributed by atoms with Crippen LogP contribution in [0.2, 0.25) is 0 Å². The average molecular weight is 544 g/mol. The summed E-state index contributed by atoms with van der Waals surface area (Å²) in [6.45, 7) is 18.4. The number of hydrogen-bond donors (Lipinski definition) is 4. The molecule has 2 atom stereocenters. The van der Waals surface area contributed by atoms with Crippen molar-refractivity contribution in [2.75, 3.05) is 72.0 Å². The molecule has 0 aromatic carbocycles. The lowest BCUT2D eigenvalue weighted by Gasteiger charge is -2.25. The second kappa shape index (κ2) is 24.8. The molecule has 0 aromatic rings.